The number of H-pyrrole nitrogens is 1. The van der Waals surface area contributed by atoms with E-state index in [1.165, 1.54) is 12.2 Å². The molecule has 5 heteroatoms. The fourth-order valence-electron chi connectivity index (χ4n) is 1.99. The number of aromatic amines is 1. The number of aromatic nitrogens is 2. The molecule has 1 unspecified atom stereocenters. The van der Waals surface area contributed by atoms with Crippen molar-refractivity contribution in [2.24, 2.45) is 5.92 Å². The van der Waals surface area contributed by atoms with Crippen molar-refractivity contribution in [1.29, 1.82) is 0 Å². The van der Waals surface area contributed by atoms with Gasteiger partial charge >= 0.3 is 0 Å². The minimum atomic E-state index is -0.0434. The number of nitrogens with zero attached hydrogens (tertiary/aromatic N) is 1. The van der Waals surface area contributed by atoms with E-state index in [1.54, 1.807) is 0 Å². The predicted molar refractivity (Wildman–Crippen MR) is 75.5 cm³/mol. The first-order chi connectivity index (χ1) is 8.08. The highest BCUT2D eigenvalue weighted by Crippen LogP contribution is 2.38. The Labute approximate surface area is 114 Å². The molecule has 1 N–H and O–H groups in total. The van der Waals surface area contributed by atoms with Gasteiger partial charge in [-0.25, -0.2) is 4.98 Å². The van der Waals surface area contributed by atoms with E-state index in [0.717, 1.165) is 24.4 Å². The second kappa shape index (κ2) is 5.57. The third-order valence-corrected chi connectivity index (χ3v) is 4.99. The highest BCUT2D eigenvalue weighted by atomic mass is 79.9. The Morgan fingerprint density at radius 3 is 2.94 bits per heavy atom. The van der Waals surface area contributed by atoms with E-state index >= 15 is 0 Å². The second-order valence-electron chi connectivity index (χ2n) is 4.81. The lowest BCUT2D eigenvalue weighted by molar-refractivity contribution is 0.623. The molecule has 0 amide bonds. The van der Waals surface area contributed by atoms with E-state index in [2.05, 4.69) is 39.7 Å². The SMILES string of the molecule is CC(C)Cc1nc(C2CCCS2)[nH]c(=O)c1Br. The molecule has 0 radical (unpaired) electrons. The molecule has 0 aromatic carbocycles. The Hall–Kier alpha value is -0.290. The number of rotatable bonds is 3. The van der Waals surface area contributed by atoms with Gasteiger partial charge in [0.15, 0.2) is 0 Å². The Morgan fingerprint density at radius 1 is 1.59 bits per heavy atom. The summed E-state index contributed by atoms with van der Waals surface area (Å²) in [5, 5.41) is 0.377. The third kappa shape index (κ3) is 3.13. The number of hydrogen-bond acceptors (Lipinski definition) is 3. The van der Waals surface area contributed by atoms with Gasteiger partial charge in [-0.05, 0) is 46.9 Å². The van der Waals surface area contributed by atoms with Crippen LogP contribution in [0.25, 0.3) is 0 Å². The minimum absolute atomic E-state index is 0.0434. The van der Waals surface area contributed by atoms with E-state index in [1.807, 2.05) is 11.8 Å². The summed E-state index contributed by atoms with van der Waals surface area (Å²) in [5.41, 5.74) is 0.851. The maximum atomic E-state index is 11.8. The molecule has 1 aliphatic heterocycles. The van der Waals surface area contributed by atoms with Gasteiger partial charge in [-0.2, -0.15) is 11.8 Å². The molecule has 17 heavy (non-hydrogen) atoms. The zero-order valence-electron chi connectivity index (χ0n) is 10.1. The Balaban J connectivity index is 2.34. The van der Waals surface area contributed by atoms with Crippen LogP contribution < -0.4 is 5.56 Å². The maximum Gasteiger partial charge on any atom is 0.265 e. The average Bonchev–Trinajstić information content (AvgIpc) is 2.77. The van der Waals surface area contributed by atoms with E-state index in [0.29, 0.717) is 15.6 Å². The van der Waals surface area contributed by atoms with Gasteiger partial charge < -0.3 is 4.98 Å². The van der Waals surface area contributed by atoms with Gasteiger partial charge in [-0.1, -0.05) is 13.8 Å². The van der Waals surface area contributed by atoms with Crippen molar-refractivity contribution < 1.29 is 0 Å². The summed E-state index contributed by atoms with van der Waals surface area (Å²) in [5.74, 6) is 2.53. The van der Waals surface area contributed by atoms with Crippen LogP contribution in [0.4, 0.5) is 0 Å². The molecule has 2 rings (SSSR count). The second-order valence-corrected chi connectivity index (χ2v) is 6.92. The van der Waals surface area contributed by atoms with Gasteiger partial charge in [0.05, 0.1) is 10.9 Å². The molecule has 0 saturated carbocycles. The monoisotopic (exact) mass is 316 g/mol. The van der Waals surface area contributed by atoms with Crippen molar-refractivity contribution in [3.8, 4) is 0 Å². The summed E-state index contributed by atoms with van der Waals surface area (Å²) < 4.78 is 0.595. The molecule has 1 aliphatic rings. The first kappa shape index (κ1) is 13.1. The fourth-order valence-corrected chi connectivity index (χ4v) is 3.56. The van der Waals surface area contributed by atoms with Crippen molar-refractivity contribution in [1.82, 2.24) is 9.97 Å². The van der Waals surface area contributed by atoms with Crippen LogP contribution in [0.5, 0.6) is 0 Å². The van der Waals surface area contributed by atoms with Crippen LogP contribution in [0.1, 0.15) is 43.5 Å². The van der Waals surface area contributed by atoms with Gasteiger partial charge in [-0.3, -0.25) is 4.79 Å². The molecule has 1 aromatic heterocycles. The first-order valence-corrected chi connectivity index (χ1v) is 7.82. The van der Waals surface area contributed by atoms with Crippen LogP contribution in [0, 0.1) is 5.92 Å². The van der Waals surface area contributed by atoms with Crippen molar-refractivity contribution in [3.63, 3.8) is 0 Å². The van der Waals surface area contributed by atoms with Crippen LogP contribution in [0.15, 0.2) is 9.27 Å². The smallest absolute Gasteiger partial charge is 0.265 e. The summed E-state index contributed by atoms with van der Waals surface area (Å²) in [6, 6.07) is 0. The topological polar surface area (TPSA) is 45.8 Å². The maximum absolute atomic E-state index is 11.8. The lowest BCUT2D eigenvalue weighted by Gasteiger charge is -2.12. The zero-order chi connectivity index (χ0) is 12.4. The number of nitrogens with one attached hydrogen (secondary N) is 1. The van der Waals surface area contributed by atoms with E-state index in [9.17, 15) is 4.79 Å². The van der Waals surface area contributed by atoms with E-state index in [4.69, 9.17) is 0 Å². The molecule has 1 fully saturated rings. The first-order valence-electron chi connectivity index (χ1n) is 5.98. The summed E-state index contributed by atoms with van der Waals surface area (Å²) in [7, 11) is 0. The molecule has 2 heterocycles. The molecule has 1 aromatic rings. The van der Waals surface area contributed by atoms with Crippen molar-refractivity contribution in [2.45, 2.75) is 38.4 Å². The summed E-state index contributed by atoms with van der Waals surface area (Å²) in [6.45, 7) is 4.28. The summed E-state index contributed by atoms with van der Waals surface area (Å²) in [4.78, 5) is 19.4. The molecular weight excluding hydrogens is 300 g/mol. The largest absolute Gasteiger partial charge is 0.309 e. The van der Waals surface area contributed by atoms with E-state index < -0.39 is 0 Å². The quantitative estimate of drug-likeness (QED) is 0.930. The fraction of sp³-hybridized carbons (Fsp3) is 0.667. The molecule has 3 nitrogen and oxygen atoms in total. The van der Waals surface area contributed by atoms with Gasteiger partial charge in [0.25, 0.3) is 5.56 Å². The Kier molecular flexibility index (Phi) is 4.31. The van der Waals surface area contributed by atoms with Crippen LogP contribution in [0.2, 0.25) is 0 Å². The molecular formula is C12H17BrN2OS. The molecule has 0 spiro atoms. The van der Waals surface area contributed by atoms with E-state index in [-0.39, 0.29) is 5.56 Å². The third-order valence-electron chi connectivity index (χ3n) is 2.79. The van der Waals surface area contributed by atoms with Gasteiger partial charge in [0.2, 0.25) is 0 Å². The Bertz CT molecular complexity index is 452. The minimum Gasteiger partial charge on any atom is -0.309 e. The molecule has 1 saturated heterocycles. The molecule has 0 bridgehead atoms. The zero-order valence-corrected chi connectivity index (χ0v) is 12.5. The number of hydrogen-bond donors (Lipinski definition) is 1. The molecule has 0 aliphatic carbocycles. The van der Waals surface area contributed by atoms with Crippen LogP contribution in [-0.4, -0.2) is 15.7 Å². The molecule has 1 atom stereocenters. The average molecular weight is 317 g/mol. The van der Waals surface area contributed by atoms with Gasteiger partial charge in [-0.15, -0.1) is 0 Å². The normalized spacial score (nSPS) is 20.1. The summed E-state index contributed by atoms with van der Waals surface area (Å²) >= 11 is 5.23. The lowest BCUT2D eigenvalue weighted by Crippen LogP contribution is -2.17. The van der Waals surface area contributed by atoms with Gasteiger partial charge in [0.1, 0.15) is 10.3 Å². The predicted octanol–water partition coefficient (Wildman–Crippen LogP) is 3.30. The van der Waals surface area contributed by atoms with Crippen LogP contribution in [-0.2, 0) is 6.42 Å². The number of thioether (sulfide) groups is 1. The van der Waals surface area contributed by atoms with Crippen molar-refractivity contribution in [3.05, 3.63) is 26.3 Å². The lowest BCUT2D eigenvalue weighted by atomic mass is 10.1. The van der Waals surface area contributed by atoms with Crippen LogP contribution >= 0.6 is 27.7 Å². The Morgan fingerprint density at radius 2 is 2.35 bits per heavy atom. The van der Waals surface area contributed by atoms with Crippen molar-refractivity contribution in [2.75, 3.05) is 5.75 Å². The highest BCUT2D eigenvalue weighted by molar-refractivity contribution is 9.10. The van der Waals surface area contributed by atoms with Crippen LogP contribution in [0.3, 0.4) is 0 Å². The molecule has 94 valence electrons. The number of halogens is 1. The van der Waals surface area contributed by atoms with Crippen molar-refractivity contribution >= 4 is 27.7 Å². The standard InChI is InChI=1S/C12H17BrN2OS/c1-7(2)6-8-10(13)12(16)15-11(14-8)9-4-3-5-17-9/h7,9H,3-6H2,1-2H3,(H,14,15,16). The summed E-state index contributed by atoms with van der Waals surface area (Å²) in [6.07, 6.45) is 3.18. The van der Waals surface area contributed by atoms with Gasteiger partial charge in [0, 0.05) is 0 Å². The highest BCUT2D eigenvalue weighted by Gasteiger charge is 2.21.